The predicted octanol–water partition coefficient (Wildman–Crippen LogP) is 5.32. The quantitative estimate of drug-likeness (QED) is 0.297. The number of hydrogen-bond acceptors (Lipinski definition) is 3. The van der Waals surface area contributed by atoms with Crippen LogP contribution >= 0.6 is 0 Å². The number of benzene rings is 2. The van der Waals surface area contributed by atoms with Crippen molar-refractivity contribution in [1.82, 2.24) is 4.90 Å². The lowest BCUT2D eigenvalue weighted by atomic mass is 9.88. The highest BCUT2D eigenvalue weighted by atomic mass is 19.1. The van der Waals surface area contributed by atoms with E-state index in [1.807, 2.05) is 18.2 Å². The zero-order valence-corrected chi connectivity index (χ0v) is 17.9. The van der Waals surface area contributed by atoms with Crippen LogP contribution in [0.3, 0.4) is 0 Å². The van der Waals surface area contributed by atoms with Crippen LogP contribution in [0.1, 0.15) is 67.3 Å². The van der Waals surface area contributed by atoms with E-state index in [-0.39, 0.29) is 17.1 Å². The molecule has 5 heteroatoms. The van der Waals surface area contributed by atoms with E-state index in [0.717, 1.165) is 44.9 Å². The Morgan fingerprint density at radius 2 is 1.74 bits per heavy atom. The summed E-state index contributed by atoms with van der Waals surface area (Å²) in [7, 11) is 0. The first-order valence-corrected chi connectivity index (χ1v) is 11.2. The van der Waals surface area contributed by atoms with Gasteiger partial charge >= 0.3 is 0 Å². The molecule has 1 aliphatic heterocycles. The number of carbonyl (C=O) groups is 2. The van der Waals surface area contributed by atoms with Crippen molar-refractivity contribution in [3.8, 4) is 0 Å². The molecule has 1 atom stereocenters. The molecular weight excluding hydrogens is 393 g/mol. The summed E-state index contributed by atoms with van der Waals surface area (Å²) in [5.74, 6) is -1.83. The lowest BCUT2D eigenvalue weighted by Crippen LogP contribution is -2.30. The van der Waals surface area contributed by atoms with Crippen molar-refractivity contribution >= 4 is 17.4 Å². The number of aryl methyl sites for hydroxylation is 2. The number of ketones is 1. The van der Waals surface area contributed by atoms with E-state index in [0.29, 0.717) is 17.7 Å². The summed E-state index contributed by atoms with van der Waals surface area (Å²) in [6.07, 6.45) is 6.92. The number of nitrogens with zero attached hydrogens (tertiary/aromatic N) is 1. The maximum Gasteiger partial charge on any atom is 0.295 e. The van der Waals surface area contributed by atoms with Gasteiger partial charge in [0.25, 0.3) is 11.7 Å². The highest BCUT2D eigenvalue weighted by Crippen LogP contribution is 2.40. The van der Waals surface area contributed by atoms with Gasteiger partial charge in [-0.25, -0.2) is 4.39 Å². The number of halogens is 1. The van der Waals surface area contributed by atoms with Crippen LogP contribution in [0.25, 0.3) is 5.76 Å². The molecule has 0 spiro atoms. The van der Waals surface area contributed by atoms with Gasteiger partial charge in [0, 0.05) is 12.1 Å². The second kappa shape index (κ2) is 9.04. The summed E-state index contributed by atoms with van der Waals surface area (Å²) in [5, 5.41) is 11.2. The highest BCUT2D eigenvalue weighted by molar-refractivity contribution is 6.46. The maximum atomic E-state index is 13.5. The number of carbonyl (C=O) groups excluding carboxylic acids is 2. The van der Waals surface area contributed by atoms with Gasteiger partial charge in [-0.15, -0.1) is 0 Å². The SMILES string of the molecule is CCCCCN1C(=O)C(=O)/C(=C(\O)c2ccc3c(c2)CCCC3)C1c1ccc(F)cc1. The third kappa shape index (κ3) is 4.14. The number of aliphatic hydroxyl groups is 1. The fourth-order valence-corrected chi connectivity index (χ4v) is 4.67. The molecule has 1 aliphatic carbocycles. The summed E-state index contributed by atoms with van der Waals surface area (Å²) in [6.45, 7) is 2.49. The number of rotatable bonds is 6. The molecule has 31 heavy (non-hydrogen) atoms. The van der Waals surface area contributed by atoms with Gasteiger partial charge in [-0.2, -0.15) is 0 Å². The minimum Gasteiger partial charge on any atom is -0.507 e. The molecule has 0 aromatic heterocycles. The maximum absolute atomic E-state index is 13.5. The molecule has 1 fully saturated rings. The topological polar surface area (TPSA) is 57.6 Å². The second-order valence-corrected chi connectivity index (χ2v) is 8.44. The van der Waals surface area contributed by atoms with Crippen LogP contribution < -0.4 is 0 Å². The third-order valence-electron chi connectivity index (χ3n) is 6.35. The van der Waals surface area contributed by atoms with E-state index < -0.39 is 17.7 Å². The molecule has 1 amide bonds. The lowest BCUT2D eigenvalue weighted by Gasteiger charge is -2.25. The number of likely N-dealkylation sites (tertiary alicyclic amines) is 1. The minimum absolute atomic E-state index is 0.0869. The van der Waals surface area contributed by atoms with Gasteiger partial charge < -0.3 is 10.0 Å². The Kier molecular flexibility index (Phi) is 6.21. The predicted molar refractivity (Wildman–Crippen MR) is 118 cm³/mol. The Labute approximate surface area is 182 Å². The number of unbranched alkanes of at least 4 members (excludes halogenated alkanes) is 2. The van der Waals surface area contributed by atoms with Crippen molar-refractivity contribution in [3.05, 3.63) is 76.1 Å². The van der Waals surface area contributed by atoms with Crippen molar-refractivity contribution in [3.63, 3.8) is 0 Å². The Morgan fingerprint density at radius 3 is 2.45 bits per heavy atom. The molecule has 162 valence electrons. The van der Waals surface area contributed by atoms with Gasteiger partial charge in [0.2, 0.25) is 0 Å². The van der Waals surface area contributed by atoms with Gasteiger partial charge in [-0.05, 0) is 67.0 Å². The van der Waals surface area contributed by atoms with Gasteiger partial charge in [-0.1, -0.05) is 44.0 Å². The molecule has 2 aliphatic rings. The molecule has 1 heterocycles. The number of hydrogen-bond donors (Lipinski definition) is 1. The van der Waals surface area contributed by atoms with Crippen LogP contribution in [0.5, 0.6) is 0 Å². The Bertz CT molecular complexity index is 1030. The largest absolute Gasteiger partial charge is 0.507 e. The smallest absolute Gasteiger partial charge is 0.295 e. The number of amides is 1. The van der Waals surface area contributed by atoms with E-state index in [1.54, 1.807) is 12.1 Å². The van der Waals surface area contributed by atoms with Gasteiger partial charge in [0.1, 0.15) is 11.6 Å². The summed E-state index contributed by atoms with van der Waals surface area (Å²) >= 11 is 0. The summed E-state index contributed by atoms with van der Waals surface area (Å²) < 4.78 is 13.5. The van der Waals surface area contributed by atoms with Gasteiger partial charge in [-0.3, -0.25) is 9.59 Å². The Balaban J connectivity index is 1.79. The van der Waals surface area contributed by atoms with E-state index in [2.05, 4.69) is 6.92 Å². The molecule has 4 rings (SSSR count). The zero-order chi connectivity index (χ0) is 22.0. The van der Waals surface area contributed by atoms with Crippen molar-refractivity contribution < 1.29 is 19.1 Å². The average molecular weight is 422 g/mol. The molecule has 0 saturated carbocycles. The van der Waals surface area contributed by atoms with Gasteiger partial charge in [0.05, 0.1) is 11.6 Å². The van der Waals surface area contributed by atoms with Crippen molar-refractivity contribution in [2.45, 2.75) is 57.9 Å². The average Bonchev–Trinajstić information content (AvgIpc) is 3.04. The normalized spacial score (nSPS) is 20.2. The lowest BCUT2D eigenvalue weighted by molar-refractivity contribution is -0.139. The summed E-state index contributed by atoms with van der Waals surface area (Å²) in [5.41, 5.74) is 3.73. The molecule has 1 N–H and O–H groups in total. The van der Waals surface area contributed by atoms with Gasteiger partial charge in [0.15, 0.2) is 0 Å². The minimum atomic E-state index is -0.714. The summed E-state index contributed by atoms with van der Waals surface area (Å²) in [6, 6.07) is 10.9. The molecule has 0 bridgehead atoms. The van der Waals surface area contributed by atoms with Crippen LogP contribution in [0.15, 0.2) is 48.0 Å². The van der Waals surface area contributed by atoms with Crippen molar-refractivity contribution in [2.75, 3.05) is 6.54 Å². The number of fused-ring (bicyclic) bond motifs is 1. The van der Waals surface area contributed by atoms with Crippen LogP contribution in [0, 0.1) is 5.82 Å². The van der Waals surface area contributed by atoms with Crippen molar-refractivity contribution in [1.29, 1.82) is 0 Å². The standard InChI is InChI=1S/C26H28FNO3/c1-2-3-6-15-28-23(18-11-13-21(27)14-12-18)22(25(30)26(28)31)24(29)20-10-9-17-7-4-5-8-19(17)16-20/h9-14,16,23,29H,2-8,15H2,1H3/b24-22-. The van der Waals surface area contributed by atoms with Crippen molar-refractivity contribution in [2.24, 2.45) is 0 Å². The molecule has 1 saturated heterocycles. The number of Topliss-reactive ketones (excluding diaryl/α,β-unsaturated/α-hetero) is 1. The Morgan fingerprint density at radius 1 is 1.03 bits per heavy atom. The molecule has 2 aromatic carbocycles. The molecule has 2 aromatic rings. The molecule has 0 radical (unpaired) electrons. The summed E-state index contributed by atoms with van der Waals surface area (Å²) in [4.78, 5) is 27.4. The monoisotopic (exact) mass is 421 g/mol. The fraction of sp³-hybridized carbons (Fsp3) is 0.385. The highest BCUT2D eigenvalue weighted by Gasteiger charge is 2.45. The van der Waals surface area contributed by atoms with Crippen LogP contribution in [0.4, 0.5) is 4.39 Å². The van der Waals surface area contributed by atoms with Crippen LogP contribution in [-0.2, 0) is 22.4 Å². The van der Waals surface area contributed by atoms with E-state index in [1.165, 1.54) is 28.2 Å². The third-order valence-corrected chi connectivity index (χ3v) is 6.35. The van der Waals surface area contributed by atoms with E-state index in [9.17, 15) is 19.1 Å². The first kappa shape index (κ1) is 21.3. The number of aliphatic hydroxyl groups excluding tert-OH is 1. The second-order valence-electron chi connectivity index (χ2n) is 8.44. The molecule has 1 unspecified atom stereocenters. The Hall–Kier alpha value is -2.95. The molecular formula is C26H28FNO3. The zero-order valence-electron chi connectivity index (χ0n) is 17.9. The van der Waals surface area contributed by atoms with E-state index >= 15 is 0 Å². The molecule has 4 nitrogen and oxygen atoms in total. The van der Waals surface area contributed by atoms with E-state index in [4.69, 9.17) is 0 Å². The fourth-order valence-electron chi connectivity index (χ4n) is 4.67. The van der Waals surface area contributed by atoms with Crippen LogP contribution in [0.2, 0.25) is 0 Å². The first-order valence-electron chi connectivity index (χ1n) is 11.2. The first-order chi connectivity index (χ1) is 15.0. The van der Waals surface area contributed by atoms with Crippen LogP contribution in [-0.4, -0.2) is 28.2 Å².